The Morgan fingerprint density at radius 2 is 1.97 bits per heavy atom. The second kappa shape index (κ2) is 9.73. The summed E-state index contributed by atoms with van der Waals surface area (Å²) in [6.07, 6.45) is 8.47. The maximum atomic E-state index is 10.6. The monoisotopic (exact) mass is 472 g/mol. The number of fused-ring (bicyclic) bond motifs is 1. The molecule has 1 aliphatic rings. The zero-order chi connectivity index (χ0) is 23.6. The average molecular weight is 473 g/mol. The van der Waals surface area contributed by atoms with E-state index in [1.807, 2.05) is 13.3 Å². The maximum Gasteiger partial charge on any atom is 0.227 e. The SMILES string of the molecule is CCC(Nc1nc(NCc2cc(Cl)ccc2O)c2ncn(C3CCCCC3)c2n1)C(C)(C)O. The van der Waals surface area contributed by atoms with Crippen LogP contribution in [0.25, 0.3) is 11.2 Å². The molecule has 1 atom stereocenters. The Hall–Kier alpha value is -2.58. The van der Waals surface area contributed by atoms with Crippen molar-refractivity contribution in [1.29, 1.82) is 0 Å². The molecule has 0 radical (unpaired) electrons. The molecule has 1 aliphatic carbocycles. The van der Waals surface area contributed by atoms with E-state index in [9.17, 15) is 10.2 Å². The first-order valence-corrected chi connectivity index (χ1v) is 12.1. The van der Waals surface area contributed by atoms with Crippen LogP contribution >= 0.6 is 11.6 Å². The van der Waals surface area contributed by atoms with Gasteiger partial charge in [0.05, 0.1) is 18.0 Å². The lowest BCUT2D eigenvalue weighted by molar-refractivity contribution is 0.0577. The minimum Gasteiger partial charge on any atom is -0.508 e. The third-order valence-corrected chi connectivity index (χ3v) is 6.68. The van der Waals surface area contributed by atoms with Crippen molar-refractivity contribution in [3.05, 3.63) is 35.1 Å². The van der Waals surface area contributed by atoms with Crippen molar-refractivity contribution in [3.63, 3.8) is 0 Å². The van der Waals surface area contributed by atoms with E-state index >= 15 is 0 Å². The van der Waals surface area contributed by atoms with Gasteiger partial charge >= 0.3 is 0 Å². The van der Waals surface area contributed by atoms with Gasteiger partial charge in [-0.2, -0.15) is 9.97 Å². The number of hydrogen-bond donors (Lipinski definition) is 4. The fraction of sp³-hybridized carbons (Fsp3) is 0.542. The second-order valence-corrected chi connectivity index (χ2v) is 9.83. The lowest BCUT2D eigenvalue weighted by Crippen LogP contribution is -2.41. The first-order chi connectivity index (χ1) is 15.8. The molecule has 1 fully saturated rings. The molecule has 178 valence electrons. The van der Waals surface area contributed by atoms with Gasteiger partial charge in [-0.1, -0.05) is 37.8 Å². The highest BCUT2D eigenvalue weighted by atomic mass is 35.5. The number of aromatic nitrogens is 4. The van der Waals surface area contributed by atoms with Gasteiger partial charge in [0.15, 0.2) is 17.0 Å². The van der Waals surface area contributed by atoms with Crippen LogP contribution in [0.2, 0.25) is 5.02 Å². The maximum absolute atomic E-state index is 10.6. The smallest absolute Gasteiger partial charge is 0.227 e. The molecular formula is C24H33ClN6O2. The molecule has 8 nitrogen and oxygen atoms in total. The first kappa shape index (κ1) is 23.6. The van der Waals surface area contributed by atoms with E-state index in [-0.39, 0.29) is 11.8 Å². The summed E-state index contributed by atoms with van der Waals surface area (Å²) in [6, 6.07) is 5.11. The summed E-state index contributed by atoms with van der Waals surface area (Å²) in [5.41, 5.74) is 1.18. The van der Waals surface area contributed by atoms with Crippen LogP contribution in [0, 0.1) is 0 Å². The highest BCUT2D eigenvalue weighted by Gasteiger charge is 2.27. The molecule has 33 heavy (non-hydrogen) atoms. The van der Waals surface area contributed by atoms with Crippen LogP contribution in [0.1, 0.15) is 70.9 Å². The van der Waals surface area contributed by atoms with Crippen molar-refractivity contribution < 1.29 is 10.2 Å². The Kier molecular flexibility index (Phi) is 6.95. The Balaban J connectivity index is 1.71. The van der Waals surface area contributed by atoms with Crippen LogP contribution in [0.5, 0.6) is 5.75 Å². The van der Waals surface area contributed by atoms with Crippen LogP contribution < -0.4 is 10.6 Å². The normalized spacial score (nSPS) is 16.2. The number of halogens is 1. The summed E-state index contributed by atoms with van der Waals surface area (Å²) in [5.74, 6) is 1.17. The topological polar surface area (TPSA) is 108 Å². The minimum absolute atomic E-state index is 0.163. The number of imidazole rings is 1. The van der Waals surface area contributed by atoms with Gasteiger partial charge < -0.3 is 25.4 Å². The average Bonchev–Trinajstić information content (AvgIpc) is 3.22. The Morgan fingerprint density at radius 3 is 2.67 bits per heavy atom. The number of nitrogens with one attached hydrogen (secondary N) is 2. The lowest BCUT2D eigenvalue weighted by atomic mass is 9.95. The number of phenolic OH excluding ortho intramolecular Hbond substituents is 1. The third kappa shape index (κ3) is 5.33. The molecule has 0 bridgehead atoms. The molecule has 0 aliphatic heterocycles. The second-order valence-electron chi connectivity index (χ2n) is 9.40. The quantitative estimate of drug-likeness (QED) is 0.354. The summed E-state index contributed by atoms with van der Waals surface area (Å²) in [4.78, 5) is 14.2. The highest BCUT2D eigenvalue weighted by molar-refractivity contribution is 6.30. The van der Waals surface area contributed by atoms with Crippen molar-refractivity contribution in [2.75, 3.05) is 10.6 Å². The Morgan fingerprint density at radius 1 is 1.21 bits per heavy atom. The number of benzene rings is 1. The van der Waals surface area contributed by atoms with E-state index < -0.39 is 5.60 Å². The number of nitrogens with zero attached hydrogens (tertiary/aromatic N) is 4. The standard InChI is InChI=1S/C24H33ClN6O2/c1-4-19(24(2,3)33)28-23-29-21(26-13-15-12-16(25)10-11-18(15)32)20-22(30-23)31(14-27-20)17-8-6-5-7-9-17/h10-12,14,17,19,32-33H,4-9,13H2,1-3H3,(H2,26,28,29,30). The summed E-state index contributed by atoms with van der Waals surface area (Å²) in [7, 11) is 0. The van der Waals surface area contributed by atoms with Gasteiger partial charge in [-0.3, -0.25) is 0 Å². The van der Waals surface area contributed by atoms with E-state index in [4.69, 9.17) is 21.6 Å². The number of aliphatic hydroxyl groups is 1. The number of phenols is 1. The molecule has 2 heterocycles. The molecular weight excluding hydrogens is 440 g/mol. The predicted octanol–water partition coefficient (Wildman–Crippen LogP) is 5.26. The van der Waals surface area contributed by atoms with E-state index in [1.54, 1.807) is 32.0 Å². The summed E-state index contributed by atoms with van der Waals surface area (Å²) < 4.78 is 2.16. The minimum atomic E-state index is -0.934. The van der Waals surface area contributed by atoms with Crippen molar-refractivity contribution in [2.24, 2.45) is 0 Å². The van der Waals surface area contributed by atoms with Gasteiger partial charge in [-0.25, -0.2) is 4.98 Å². The molecule has 0 amide bonds. The van der Waals surface area contributed by atoms with Gasteiger partial charge in [0.25, 0.3) is 0 Å². The lowest BCUT2D eigenvalue weighted by Gasteiger charge is -2.29. The predicted molar refractivity (Wildman–Crippen MR) is 132 cm³/mol. The van der Waals surface area contributed by atoms with Crippen molar-refractivity contribution in [2.45, 2.75) is 83.5 Å². The van der Waals surface area contributed by atoms with E-state index in [1.165, 1.54) is 19.3 Å². The van der Waals surface area contributed by atoms with Crippen molar-refractivity contribution >= 4 is 34.5 Å². The zero-order valence-electron chi connectivity index (χ0n) is 19.5. The highest BCUT2D eigenvalue weighted by Crippen LogP contribution is 2.33. The molecule has 9 heteroatoms. The number of aromatic hydroxyl groups is 1. The summed E-state index contributed by atoms with van der Waals surface area (Å²) in [5, 5.41) is 27.9. The summed E-state index contributed by atoms with van der Waals surface area (Å²) in [6.45, 7) is 5.90. The van der Waals surface area contributed by atoms with Crippen LogP contribution in [0.3, 0.4) is 0 Å². The fourth-order valence-electron chi connectivity index (χ4n) is 4.54. The van der Waals surface area contributed by atoms with Gasteiger partial charge in [0, 0.05) is 23.2 Å². The third-order valence-electron chi connectivity index (χ3n) is 6.44. The summed E-state index contributed by atoms with van der Waals surface area (Å²) >= 11 is 6.11. The largest absolute Gasteiger partial charge is 0.508 e. The Bertz CT molecular complexity index is 1100. The molecule has 3 aromatic rings. The Labute approximate surface area is 199 Å². The molecule has 4 N–H and O–H groups in total. The first-order valence-electron chi connectivity index (χ1n) is 11.7. The van der Waals surface area contributed by atoms with Crippen molar-refractivity contribution in [3.8, 4) is 5.75 Å². The molecule has 0 spiro atoms. The zero-order valence-corrected chi connectivity index (χ0v) is 20.2. The van der Waals surface area contributed by atoms with Crippen molar-refractivity contribution in [1.82, 2.24) is 19.5 Å². The molecule has 4 rings (SSSR count). The van der Waals surface area contributed by atoms with Crippen LogP contribution in [-0.4, -0.2) is 41.4 Å². The molecule has 0 saturated heterocycles. The van der Waals surface area contributed by atoms with Gasteiger partial charge in [-0.15, -0.1) is 0 Å². The number of anilines is 2. The van der Waals surface area contributed by atoms with E-state index in [0.717, 1.165) is 18.5 Å². The van der Waals surface area contributed by atoms with Crippen LogP contribution in [0.15, 0.2) is 24.5 Å². The molecule has 2 aromatic heterocycles. The molecule has 1 saturated carbocycles. The van der Waals surface area contributed by atoms with Crippen LogP contribution in [-0.2, 0) is 6.54 Å². The van der Waals surface area contributed by atoms with Gasteiger partial charge in [-0.05, 0) is 51.3 Å². The number of rotatable bonds is 8. The number of hydrogen-bond acceptors (Lipinski definition) is 7. The molecule has 1 unspecified atom stereocenters. The fourth-order valence-corrected chi connectivity index (χ4v) is 4.73. The van der Waals surface area contributed by atoms with Crippen LogP contribution in [0.4, 0.5) is 11.8 Å². The van der Waals surface area contributed by atoms with E-state index in [2.05, 4.69) is 20.2 Å². The van der Waals surface area contributed by atoms with Gasteiger partial charge in [0.1, 0.15) is 5.75 Å². The molecule has 1 aromatic carbocycles. The van der Waals surface area contributed by atoms with Gasteiger partial charge in [0.2, 0.25) is 5.95 Å². The van der Waals surface area contributed by atoms with E-state index in [0.29, 0.717) is 46.9 Å².